The van der Waals surface area contributed by atoms with E-state index in [1.54, 1.807) is 13.0 Å². The lowest BCUT2D eigenvalue weighted by Gasteiger charge is -2.10. The minimum Gasteiger partial charge on any atom is -0.482 e. The zero-order chi connectivity index (χ0) is 13.4. The van der Waals surface area contributed by atoms with Crippen LogP contribution >= 0.6 is 0 Å². The van der Waals surface area contributed by atoms with Gasteiger partial charge in [0, 0.05) is 12.0 Å². The number of para-hydroxylation sites is 1. The van der Waals surface area contributed by atoms with Gasteiger partial charge in [0.25, 0.3) is 0 Å². The van der Waals surface area contributed by atoms with Gasteiger partial charge in [0.05, 0.1) is 0 Å². The maximum Gasteiger partial charge on any atom is 0.203 e. The molecule has 96 valence electrons. The maximum absolute atomic E-state index is 13.2. The zero-order valence-electron chi connectivity index (χ0n) is 10.5. The number of benzene rings is 2. The van der Waals surface area contributed by atoms with Gasteiger partial charge in [-0.2, -0.15) is 0 Å². The van der Waals surface area contributed by atoms with Gasteiger partial charge < -0.3 is 4.74 Å². The molecule has 1 heterocycles. The van der Waals surface area contributed by atoms with Crippen molar-refractivity contribution in [3.63, 3.8) is 0 Å². The highest BCUT2D eigenvalue weighted by atomic mass is 19.1. The van der Waals surface area contributed by atoms with Gasteiger partial charge in [-0.15, -0.1) is 0 Å². The van der Waals surface area contributed by atoms with Crippen LogP contribution in [0.5, 0.6) is 5.75 Å². The average Bonchev–Trinajstić information content (AvgIpc) is 2.85. The molecule has 2 aromatic carbocycles. The number of fused-ring (bicyclic) bond motifs is 1. The number of halogens is 1. The monoisotopic (exact) mass is 256 g/mol. The zero-order valence-corrected chi connectivity index (χ0v) is 10.5. The van der Waals surface area contributed by atoms with Crippen molar-refractivity contribution < 1.29 is 13.9 Å². The van der Waals surface area contributed by atoms with E-state index < -0.39 is 6.10 Å². The fraction of sp³-hybridized carbons (Fsp3) is 0.188. The molecular weight excluding hydrogens is 243 g/mol. The van der Waals surface area contributed by atoms with Gasteiger partial charge in [0.1, 0.15) is 11.6 Å². The Morgan fingerprint density at radius 2 is 2.05 bits per heavy atom. The van der Waals surface area contributed by atoms with E-state index in [0.29, 0.717) is 17.5 Å². The van der Waals surface area contributed by atoms with E-state index in [9.17, 15) is 9.18 Å². The topological polar surface area (TPSA) is 26.3 Å². The summed E-state index contributed by atoms with van der Waals surface area (Å²) in [5, 5.41) is 0. The molecule has 0 aliphatic carbocycles. The standard InChI is InChI=1S/C16H13FO2/c1-10-8-12(6-7-13(10)17)16(18)15-9-11-4-2-3-5-14(11)19-15/h2-8,15H,9H2,1H3. The van der Waals surface area contributed by atoms with Gasteiger partial charge in [-0.05, 0) is 42.3 Å². The van der Waals surface area contributed by atoms with Gasteiger partial charge in [-0.25, -0.2) is 4.39 Å². The maximum atomic E-state index is 13.2. The average molecular weight is 256 g/mol. The summed E-state index contributed by atoms with van der Waals surface area (Å²) in [4.78, 5) is 12.3. The summed E-state index contributed by atoms with van der Waals surface area (Å²) in [7, 11) is 0. The summed E-state index contributed by atoms with van der Waals surface area (Å²) >= 11 is 0. The summed E-state index contributed by atoms with van der Waals surface area (Å²) in [5.41, 5.74) is 2.01. The van der Waals surface area contributed by atoms with Crippen molar-refractivity contribution in [1.82, 2.24) is 0 Å². The Hall–Kier alpha value is -2.16. The second-order valence-electron chi connectivity index (χ2n) is 4.75. The SMILES string of the molecule is Cc1cc(C(=O)C2Cc3ccccc3O2)ccc1F. The molecule has 0 spiro atoms. The Morgan fingerprint density at radius 3 is 2.79 bits per heavy atom. The molecule has 1 aliphatic rings. The number of hydrogen-bond donors (Lipinski definition) is 0. The van der Waals surface area contributed by atoms with Gasteiger partial charge >= 0.3 is 0 Å². The third-order valence-corrected chi connectivity index (χ3v) is 3.38. The van der Waals surface area contributed by atoms with Gasteiger partial charge in [0.2, 0.25) is 5.78 Å². The second-order valence-corrected chi connectivity index (χ2v) is 4.75. The van der Waals surface area contributed by atoms with Crippen molar-refractivity contribution >= 4 is 5.78 Å². The summed E-state index contributed by atoms with van der Waals surface area (Å²) in [6.45, 7) is 1.65. The van der Waals surface area contributed by atoms with Crippen LogP contribution in [0.15, 0.2) is 42.5 Å². The number of hydrogen-bond acceptors (Lipinski definition) is 2. The van der Waals surface area contributed by atoms with E-state index in [0.717, 1.165) is 11.3 Å². The van der Waals surface area contributed by atoms with Crippen LogP contribution in [0.1, 0.15) is 21.5 Å². The molecule has 2 aromatic rings. The van der Waals surface area contributed by atoms with Crippen LogP contribution in [0, 0.1) is 12.7 Å². The molecule has 0 saturated heterocycles. The molecule has 19 heavy (non-hydrogen) atoms. The third-order valence-electron chi connectivity index (χ3n) is 3.38. The Kier molecular flexibility index (Phi) is 2.82. The minimum atomic E-state index is -0.498. The molecular formula is C16H13FO2. The Morgan fingerprint density at radius 1 is 1.26 bits per heavy atom. The van der Waals surface area contributed by atoms with Crippen LogP contribution in [0.3, 0.4) is 0 Å². The smallest absolute Gasteiger partial charge is 0.203 e. The summed E-state index contributed by atoms with van der Waals surface area (Å²) < 4.78 is 18.9. The molecule has 0 radical (unpaired) electrons. The lowest BCUT2D eigenvalue weighted by molar-refractivity contribution is 0.0824. The van der Waals surface area contributed by atoms with E-state index in [1.807, 2.05) is 24.3 Å². The van der Waals surface area contributed by atoms with E-state index in [2.05, 4.69) is 0 Å². The quantitative estimate of drug-likeness (QED) is 0.770. The van der Waals surface area contributed by atoms with Crippen molar-refractivity contribution in [2.24, 2.45) is 0 Å². The number of carbonyl (C=O) groups is 1. The summed E-state index contributed by atoms with van der Waals surface area (Å²) in [6.07, 6.45) is 0.0769. The first-order chi connectivity index (χ1) is 9.15. The van der Waals surface area contributed by atoms with Crippen LogP contribution in [0.25, 0.3) is 0 Å². The number of rotatable bonds is 2. The number of Topliss-reactive ketones (excluding diaryl/α,β-unsaturated/α-hetero) is 1. The van der Waals surface area contributed by atoms with Crippen molar-refractivity contribution in [2.75, 3.05) is 0 Å². The normalized spacial score (nSPS) is 16.8. The van der Waals surface area contributed by atoms with E-state index >= 15 is 0 Å². The number of aryl methyl sites for hydroxylation is 1. The fourth-order valence-electron chi connectivity index (χ4n) is 2.31. The predicted octanol–water partition coefficient (Wildman–Crippen LogP) is 3.32. The van der Waals surface area contributed by atoms with E-state index in [1.165, 1.54) is 12.1 Å². The van der Waals surface area contributed by atoms with Crippen molar-refractivity contribution in [3.8, 4) is 5.75 Å². The molecule has 0 amide bonds. The Balaban J connectivity index is 1.85. The minimum absolute atomic E-state index is 0.0979. The van der Waals surface area contributed by atoms with Crippen LogP contribution in [0.2, 0.25) is 0 Å². The predicted molar refractivity (Wildman–Crippen MR) is 70.0 cm³/mol. The molecule has 0 fully saturated rings. The first-order valence-corrected chi connectivity index (χ1v) is 6.20. The van der Waals surface area contributed by atoms with Crippen molar-refractivity contribution in [1.29, 1.82) is 0 Å². The van der Waals surface area contributed by atoms with Gasteiger partial charge in [0.15, 0.2) is 6.10 Å². The molecule has 2 nitrogen and oxygen atoms in total. The highest BCUT2D eigenvalue weighted by Gasteiger charge is 2.29. The molecule has 1 atom stereocenters. The first kappa shape index (κ1) is 11.9. The molecule has 3 rings (SSSR count). The molecule has 1 unspecified atom stereocenters. The number of carbonyl (C=O) groups excluding carboxylic acids is 1. The lowest BCUT2D eigenvalue weighted by atomic mass is 10.0. The summed E-state index contributed by atoms with van der Waals surface area (Å²) in [5.74, 6) is 0.367. The van der Waals surface area contributed by atoms with Crippen LogP contribution in [-0.2, 0) is 6.42 Å². The van der Waals surface area contributed by atoms with E-state index in [-0.39, 0.29) is 11.6 Å². The molecule has 3 heteroatoms. The van der Waals surface area contributed by atoms with Gasteiger partial charge in [-0.3, -0.25) is 4.79 Å². The van der Waals surface area contributed by atoms with Crippen molar-refractivity contribution in [3.05, 3.63) is 65.0 Å². The van der Waals surface area contributed by atoms with Crippen molar-refractivity contribution in [2.45, 2.75) is 19.4 Å². The largest absolute Gasteiger partial charge is 0.482 e. The molecule has 0 N–H and O–H groups in total. The third kappa shape index (κ3) is 2.12. The second kappa shape index (κ2) is 4.50. The first-order valence-electron chi connectivity index (χ1n) is 6.20. The molecule has 0 aromatic heterocycles. The van der Waals surface area contributed by atoms with E-state index in [4.69, 9.17) is 4.74 Å². The number of ketones is 1. The lowest BCUT2D eigenvalue weighted by Crippen LogP contribution is -2.25. The summed E-state index contributed by atoms with van der Waals surface area (Å²) in [6, 6.07) is 12.0. The van der Waals surface area contributed by atoms with Crippen LogP contribution < -0.4 is 4.74 Å². The fourth-order valence-corrected chi connectivity index (χ4v) is 2.31. The molecule has 0 bridgehead atoms. The highest BCUT2D eigenvalue weighted by Crippen LogP contribution is 2.29. The Labute approximate surface area is 110 Å². The Bertz CT molecular complexity index is 624. The van der Waals surface area contributed by atoms with Crippen LogP contribution in [-0.4, -0.2) is 11.9 Å². The van der Waals surface area contributed by atoms with Gasteiger partial charge in [-0.1, -0.05) is 18.2 Å². The number of ether oxygens (including phenoxy) is 1. The molecule has 1 aliphatic heterocycles. The molecule has 0 saturated carbocycles. The van der Waals surface area contributed by atoms with Crippen LogP contribution in [0.4, 0.5) is 4.39 Å². The highest BCUT2D eigenvalue weighted by molar-refractivity contribution is 6.00.